The maximum atomic E-state index is 13.5. The predicted molar refractivity (Wildman–Crippen MR) is 115 cm³/mol. The molecule has 5 nitrogen and oxygen atoms in total. The summed E-state index contributed by atoms with van der Waals surface area (Å²) in [6.07, 6.45) is -2.06. The van der Waals surface area contributed by atoms with E-state index in [1.54, 1.807) is 48.5 Å². The Morgan fingerprint density at radius 2 is 1.77 bits per heavy atom. The monoisotopic (exact) mass is 480 g/mol. The summed E-state index contributed by atoms with van der Waals surface area (Å²) in [5, 5.41) is 5.68. The van der Waals surface area contributed by atoms with Crippen LogP contribution in [0.2, 0.25) is 0 Å². The van der Waals surface area contributed by atoms with Crippen LogP contribution in [0, 0.1) is 0 Å². The average molecular weight is 481 g/mol. The van der Waals surface area contributed by atoms with Crippen molar-refractivity contribution >= 4 is 39.1 Å². The van der Waals surface area contributed by atoms with Gasteiger partial charge in [-0.05, 0) is 42.8 Å². The lowest BCUT2D eigenvalue weighted by Crippen LogP contribution is -2.13. The molecule has 0 aliphatic heterocycles. The van der Waals surface area contributed by atoms with E-state index in [-0.39, 0.29) is 11.8 Å². The molecule has 158 valence electrons. The fourth-order valence-corrected chi connectivity index (χ4v) is 2.82. The number of para-hydroxylation sites is 2. The van der Waals surface area contributed by atoms with Gasteiger partial charge in [-0.2, -0.15) is 18.2 Å². The van der Waals surface area contributed by atoms with Crippen LogP contribution in [0.3, 0.4) is 0 Å². The van der Waals surface area contributed by atoms with Crippen LogP contribution in [-0.2, 0) is 6.18 Å². The number of halogens is 4. The van der Waals surface area contributed by atoms with Gasteiger partial charge in [0, 0.05) is 16.4 Å². The molecule has 0 radical (unpaired) electrons. The van der Waals surface area contributed by atoms with Crippen molar-refractivity contribution in [2.75, 3.05) is 17.2 Å². The second kappa shape index (κ2) is 9.80. The van der Waals surface area contributed by atoms with Crippen molar-refractivity contribution in [3.63, 3.8) is 0 Å². The van der Waals surface area contributed by atoms with Crippen LogP contribution in [0.4, 0.5) is 36.3 Å². The minimum absolute atomic E-state index is 0.0391. The van der Waals surface area contributed by atoms with Crippen molar-refractivity contribution in [1.29, 1.82) is 0 Å². The third-order valence-corrected chi connectivity index (χ3v) is 4.62. The molecule has 1 aromatic heterocycles. The van der Waals surface area contributed by atoms with Crippen molar-refractivity contribution in [3.05, 3.63) is 64.8 Å². The maximum Gasteiger partial charge on any atom is 0.421 e. The number of ether oxygens (including phenoxy) is 1. The number of hydrogen-bond acceptors (Lipinski definition) is 5. The number of anilines is 4. The van der Waals surface area contributed by atoms with Gasteiger partial charge >= 0.3 is 6.18 Å². The van der Waals surface area contributed by atoms with E-state index in [2.05, 4.69) is 36.5 Å². The number of hydrogen-bond donors (Lipinski definition) is 2. The lowest BCUT2D eigenvalue weighted by Gasteiger charge is -2.17. The van der Waals surface area contributed by atoms with Gasteiger partial charge in [0.1, 0.15) is 17.1 Å². The Morgan fingerprint density at radius 1 is 1.03 bits per heavy atom. The number of aromatic nitrogens is 2. The zero-order valence-electron chi connectivity index (χ0n) is 16.1. The van der Waals surface area contributed by atoms with Gasteiger partial charge in [0.25, 0.3) is 0 Å². The largest absolute Gasteiger partial charge is 0.491 e. The van der Waals surface area contributed by atoms with Crippen LogP contribution in [0.5, 0.6) is 5.75 Å². The highest BCUT2D eigenvalue weighted by Gasteiger charge is 2.35. The number of benzene rings is 2. The quantitative estimate of drug-likeness (QED) is 0.342. The minimum atomic E-state index is -4.61. The number of nitrogens with one attached hydrogen (secondary N) is 2. The Morgan fingerprint density at radius 3 is 2.47 bits per heavy atom. The zero-order valence-corrected chi connectivity index (χ0v) is 17.7. The van der Waals surface area contributed by atoms with Crippen molar-refractivity contribution < 1.29 is 17.9 Å². The molecule has 3 rings (SSSR count). The van der Waals surface area contributed by atoms with Crippen molar-refractivity contribution in [2.45, 2.75) is 25.9 Å². The number of unbranched alkanes of at least 4 members (excludes halogenated alkanes) is 1. The first-order chi connectivity index (χ1) is 14.4. The highest BCUT2D eigenvalue weighted by molar-refractivity contribution is 9.10. The highest BCUT2D eigenvalue weighted by atomic mass is 79.9. The average Bonchev–Trinajstić information content (AvgIpc) is 2.70. The molecule has 0 aliphatic carbocycles. The molecule has 2 aromatic carbocycles. The van der Waals surface area contributed by atoms with Gasteiger partial charge in [0.05, 0.1) is 12.3 Å². The first-order valence-electron chi connectivity index (χ1n) is 9.32. The van der Waals surface area contributed by atoms with E-state index in [0.29, 0.717) is 23.7 Å². The van der Waals surface area contributed by atoms with E-state index in [4.69, 9.17) is 4.74 Å². The molecule has 9 heteroatoms. The summed E-state index contributed by atoms with van der Waals surface area (Å²) in [5.41, 5.74) is 0.0758. The summed E-state index contributed by atoms with van der Waals surface area (Å²) in [6, 6.07) is 13.9. The van der Waals surface area contributed by atoms with E-state index in [1.165, 1.54) is 0 Å². The molecule has 0 spiro atoms. The molecule has 0 bridgehead atoms. The number of alkyl halides is 3. The Kier molecular flexibility index (Phi) is 7.15. The Labute approximate surface area is 180 Å². The van der Waals surface area contributed by atoms with Gasteiger partial charge in [0.2, 0.25) is 5.95 Å². The molecule has 0 saturated heterocycles. The number of rotatable bonds is 8. The maximum absolute atomic E-state index is 13.5. The molecule has 0 amide bonds. The van der Waals surface area contributed by atoms with E-state index >= 15 is 0 Å². The molecule has 0 atom stereocenters. The summed E-state index contributed by atoms with van der Waals surface area (Å²) in [7, 11) is 0. The van der Waals surface area contributed by atoms with E-state index in [9.17, 15) is 13.2 Å². The molecule has 0 saturated carbocycles. The van der Waals surface area contributed by atoms with Gasteiger partial charge in [-0.15, -0.1) is 0 Å². The Bertz CT molecular complexity index is 981. The fraction of sp³-hybridized carbons (Fsp3) is 0.238. The summed E-state index contributed by atoms with van der Waals surface area (Å²) < 4.78 is 47.2. The van der Waals surface area contributed by atoms with Crippen molar-refractivity contribution in [2.24, 2.45) is 0 Å². The van der Waals surface area contributed by atoms with Crippen LogP contribution in [-0.4, -0.2) is 16.6 Å². The van der Waals surface area contributed by atoms with E-state index in [0.717, 1.165) is 23.5 Å². The summed E-state index contributed by atoms with van der Waals surface area (Å²) in [6.45, 7) is 2.51. The second-order valence-corrected chi connectivity index (χ2v) is 7.32. The molecule has 0 fully saturated rings. The molecule has 0 aliphatic rings. The predicted octanol–water partition coefficient (Wildman–Crippen LogP) is 6.92. The van der Waals surface area contributed by atoms with Crippen LogP contribution >= 0.6 is 15.9 Å². The number of nitrogens with zero attached hydrogens (tertiary/aromatic N) is 2. The van der Waals surface area contributed by atoms with Crippen LogP contribution < -0.4 is 15.4 Å². The Hall–Kier alpha value is -2.81. The van der Waals surface area contributed by atoms with Gasteiger partial charge in [0.15, 0.2) is 0 Å². The zero-order chi connectivity index (χ0) is 21.6. The Balaban J connectivity index is 1.91. The highest BCUT2D eigenvalue weighted by Crippen LogP contribution is 2.37. The first kappa shape index (κ1) is 21.9. The van der Waals surface area contributed by atoms with Crippen LogP contribution in [0.1, 0.15) is 25.3 Å². The third kappa shape index (κ3) is 5.85. The van der Waals surface area contributed by atoms with Gasteiger partial charge in [-0.25, -0.2) is 4.98 Å². The molecule has 3 aromatic rings. The molecule has 2 N–H and O–H groups in total. The standard InChI is InChI=1S/C21H20BrF3N4O/c1-2-3-12-30-18-7-5-4-6-17(18)28-19-16(21(23,24)25)13-26-20(29-19)27-15-10-8-14(22)9-11-15/h4-11,13H,2-3,12H2,1H3,(H2,26,27,28,29). The first-order valence-corrected chi connectivity index (χ1v) is 10.1. The van der Waals surface area contributed by atoms with E-state index < -0.39 is 11.7 Å². The molecular formula is C21H20BrF3N4O. The van der Waals surface area contributed by atoms with Crippen molar-refractivity contribution in [1.82, 2.24) is 9.97 Å². The van der Waals surface area contributed by atoms with E-state index in [1.807, 2.05) is 6.92 Å². The van der Waals surface area contributed by atoms with Gasteiger partial charge in [-0.3, -0.25) is 0 Å². The van der Waals surface area contributed by atoms with Gasteiger partial charge in [-0.1, -0.05) is 41.4 Å². The van der Waals surface area contributed by atoms with Crippen LogP contribution in [0.15, 0.2) is 59.2 Å². The lowest BCUT2D eigenvalue weighted by atomic mass is 10.2. The minimum Gasteiger partial charge on any atom is -0.491 e. The lowest BCUT2D eigenvalue weighted by molar-refractivity contribution is -0.137. The SMILES string of the molecule is CCCCOc1ccccc1Nc1nc(Nc2ccc(Br)cc2)ncc1C(F)(F)F. The normalized spacial score (nSPS) is 11.2. The molecule has 0 unspecified atom stereocenters. The smallest absolute Gasteiger partial charge is 0.421 e. The summed E-state index contributed by atoms with van der Waals surface area (Å²) >= 11 is 3.33. The third-order valence-electron chi connectivity index (χ3n) is 4.09. The summed E-state index contributed by atoms with van der Waals surface area (Å²) in [5.74, 6) is 0.140. The topological polar surface area (TPSA) is 59.1 Å². The van der Waals surface area contributed by atoms with Crippen molar-refractivity contribution in [3.8, 4) is 5.75 Å². The molecular weight excluding hydrogens is 461 g/mol. The van der Waals surface area contributed by atoms with Crippen LogP contribution in [0.25, 0.3) is 0 Å². The molecule has 30 heavy (non-hydrogen) atoms. The van der Waals surface area contributed by atoms with Gasteiger partial charge < -0.3 is 15.4 Å². The molecule has 1 heterocycles. The summed E-state index contributed by atoms with van der Waals surface area (Å²) in [4.78, 5) is 7.89. The second-order valence-electron chi connectivity index (χ2n) is 6.41. The fourth-order valence-electron chi connectivity index (χ4n) is 2.56.